The molecule has 30 heavy (non-hydrogen) atoms. The van der Waals surface area contributed by atoms with Crippen molar-refractivity contribution in [2.45, 2.75) is 32.4 Å². The molecule has 2 rings (SSSR count). The van der Waals surface area contributed by atoms with Crippen molar-refractivity contribution in [3.63, 3.8) is 0 Å². The quantitative estimate of drug-likeness (QED) is 0.519. The molecule has 1 amide bonds. The monoisotopic (exact) mass is 442 g/mol. The van der Waals surface area contributed by atoms with Gasteiger partial charge in [-0.3, -0.25) is 0 Å². The summed E-state index contributed by atoms with van der Waals surface area (Å²) in [6.07, 6.45) is -0.991. The van der Waals surface area contributed by atoms with Gasteiger partial charge in [0.05, 0.1) is 6.61 Å². The van der Waals surface area contributed by atoms with E-state index in [1.54, 1.807) is 0 Å². The third-order valence-corrected chi connectivity index (χ3v) is 7.20. The molecule has 0 radical (unpaired) electrons. The van der Waals surface area contributed by atoms with Gasteiger partial charge in [-0.1, -0.05) is 44.2 Å². The van der Waals surface area contributed by atoms with Gasteiger partial charge in [0, 0.05) is 45.6 Å². The number of nitrogens with zero attached hydrogens (tertiary/aromatic N) is 3. The first kappa shape index (κ1) is 24.5. The van der Waals surface area contributed by atoms with Gasteiger partial charge in [0.2, 0.25) is 0 Å². The summed E-state index contributed by atoms with van der Waals surface area (Å²) in [6, 6.07) is 9.17. The first-order chi connectivity index (χ1) is 14.0. The van der Waals surface area contributed by atoms with Crippen molar-refractivity contribution >= 4 is 16.3 Å². The highest BCUT2D eigenvalue weighted by Gasteiger charge is 2.45. The lowest BCUT2D eigenvalue weighted by Gasteiger charge is -2.43. The van der Waals surface area contributed by atoms with Crippen molar-refractivity contribution in [2.75, 3.05) is 46.4 Å². The Balaban J connectivity index is 2.39. The minimum absolute atomic E-state index is 0.0217. The minimum Gasteiger partial charge on any atom is -0.450 e. The molecule has 10 heteroatoms. The summed E-state index contributed by atoms with van der Waals surface area (Å²) in [7, 11) is -2.01. The maximum atomic E-state index is 13.6. The molecule has 1 aromatic carbocycles. The van der Waals surface area contributed by atoms with Crippen molar-refractivity contribution in [1.29, 1.82) is 0 Å². The number of hydrogen-bond acceptors (Lipinski definition) is 6. The largest absolute Gasteiger partial charge is 0.450 e. The summed E-state index contributed by atoms with van der Waals surface area (Å²) < 4.78 is 34.6. The van der Waals surface area contributed by atoms with Gasteiger partial charge < -0.3 is 20.5 Å². The first-order valence-electron chi connectivity index (χ1n) is 10.2. The van der Waals surface area contributed by atoms with Crippen molar-refractivity contribution in [3.8, 4) is 0 Å². The van der Waals surface area contributed by atoms with E-state index in [4.69, 9.17) is 10.5 Å². The van der Waals surface area contributed by atoms with Crippen molar-refractivity contribution in [2.24, 2.45) is 11.7 Å². The fraction of sp³-hybridized carbons (Fsp3) is 0.650. The third kappa shape index (κ3) is 6.64. The lowest BCUT2D eigenvalue weighted by molar-refractivity contribution is -0.0828. The molecular weight excluding hydrogens is 408 g/mol. The molecule has 1 aromatic rings. The number of piperazine rings is 1. The molecule has 1 fully saturated rings. The molecule has 0 aromatic heterocycles. The lowest BCUT2D eigenvalue weighted by Crippen LogP contribution is -2.61. The smallest absolute Gasteiger partial charge is 0.404 e. The van der Waals surface area contributed by atoms with Crippen LogP contribution in [0, 0.1) is 5.92 Å². The zero-order valence-corrected chi connectivity index (χ0v) is 18.8. The van der Waals surface area contributed by atoms with Crippen LogP contribution in [0.15, 0.2) is 30.3 Å². The molecule has 1 aliphatic rings. The van der Waals surface area contributed by atoms with Crippen LogP contribution in [0.25, 0.3) is 0 Å². The SMILES string of the molecule is CC(C)CN(C(O)(CCOC(N)=O)Cc1ccccc1)S(=O)(=O)N1CCN(C)CC1. The van der Waals surface area contributed by atoms with E-state index in [-0.39, 0.29) is 31.9 Å². The maximum absolute atomic E-state index is 13.6. The number of nitrogens with two attached hydrogens (primary N) is 1. The first-order valence-corrected chi connectivity index (χ1v) is 11.6. The van der Waals surface area contributed by atoms with Crippen LogP contribution in [0.4, 0.5) is 4.79 Å². The molecule has 1 unspecified atom stereocenters. The minimum atomic E-state index is -3.95. The van der Waals surface area contributed by atoms with Crippen LogP contribution < -0.4 is 5.73 Å². The number of ether oxygens (including phenoxy) is 1. The van der Waals surface area contributed by atoms with Crippen LogP contribution in [-0.4, -0.2) is 85.2 Å². The van der Waals surface area contributed by atoms with E-state index in [2.05, 4.69) is 4.90 Å². The van der Waals surface area contributed by atoms with E-state index < -0.39 is 22.0 Å². The van der Waals surface area contributed by atoms with Crippen molar-refractivity contribution < 1.29 is 23.1 Å². The molecule has 0 spiro atoms. The van der Waals surface area contributed by atoms with E-state index in [0.717, 1.165) is 5.56 Å². The number of rotatable bonds is 10. The number of carbonyl (C=O) groups is 1. The number of likely N-dealkylation sites (N-methyl/N-ethyl adjacent to an activating group) is 1. The highest BCUT2D eigenvalue weighted by atomic mass is 32.2. The fourth-order valence-electron chi connectivity index (χ4n) is 3.51. The predicted molar refractivity (Wildman–Crippen MR) is 115 cm³/mol. The molecular formula is C20H34N4O5S. The number of carbonyl (C=O) groups excluding carboxylic acids is 1. The zero-order valence-electron chi connectivity index (χ0n) is 18.0. The summed E-state index contributed by atoms with van der Waals surface area (Å²) in [5, 5.41) is 11.7. The van der Waals surface area contributed by atoms with Gasteiger partial charge in [-0.15, -0.1) is 0 Å². The molecule has 1 heterocycles. The van der Waals surface area contributed by atoms with E-state index in [9.17, 15) is 18.3 Å². The summed E-state index contributed by atoms with van der Waals surface area (Å²) in [5.74, 6) is -0.0217. The highest BCUT2D eigenvalue weighted by Crippen LogP contribution is 2.29. The fourth-order valence-corrected chi connectivity index (χ4v) is 5.48. The Morgan fingerprint density at radius 2 is 1.83 bits per heavy atom. The zero-order chi connectivity index (χ0) is 22.4. The molecule has 1 saturated heterocycles. The van der Waals surface area contributed by atoms with E-state index in [1.807, 2.05) is 51.2 Å². The van der Waals surface area contributed by atoms with Gasteiger partial charge in [-0.05, 0) is 18.5 Å². The standard InChI is InChI=1S/C20H34N4O5S/c1-17(2)16-24(30(27,28)23-12-10-22(3)11-13-23)20(26,9-14-29-19(21)25)15-18-7-5-4-6-8-18/h4-8,17,26H,9-16H2,1-3H3,(H2,21,25). The average Bonchev–Trinajstić information content (AvgIpc) is 2.66. The van der Waals surface area contributed by atoms with Crippen LogP contribution in [-0.2, 0) is 21.4 Å². The van der Waals surface area contributed by atoms with Crippen LogP contribution >= 0.6 is 0 Å². The number of hydrogen-bond donors (Lipinski definition) is 2. The van der Waals surface area contributed by atoms with Gasteiger partial charge in [0.25, 0.3) is 10.2 Å². The molecule has 0 aliphatic carbocycles. The van der Waals surface area contributed by atoms with Crippen molar-refractivity contribution in [3.05, 3.63) is 35.9 Å². The molecule has 9 nitrogen and oxygen atoms in total. The second kappa shape index (κ2) is 10.5. The Labute approximate surface area is 179 Å². The topological polar surface area (TPSA) is 116 Å². The predicted octanol–water partition coefficient (Wildman–Crippen LogP) is 0.853. The summed E-state index contributed by atoms with van der Waals surface area (Å²) in [5.41, 5.74) is 4.06. The van der Waals surface area contributed by atoms with Gasteiger partial charge in [0.1, 0.15) is 5.72 Å². The Bertz CT molecular complexity index is 782. The van der Waals surface area contributed by atoms with E-state index >= 15 is 0 Å². The third-order valence-electron chi connectivity index (χ3n) is 5.14. The number of amides is 1. The summed E-state index contributed by atoms with van der Waals surface area (Å²) >= 11 is 0. The Morgan fingerprint density at radius 1 is 1.23 bits per heavy atom. The summed E-state index contributed by atoms with van der Waals surface area (Å²) in [4.78, 5) is 13.1. The van der Waals surface area contributed by atoms with Crippen LogP contribution in [0.2, 0.25) is 0 Å². The average molecular weight is 443 g/mol. The highest BCUT2D eigenvalue weighted by molar-refractivity contribution is 7.86. The number of benzene rings is 1. The summed E-state index contributed by atoms with van der Waals surface area (Å²) in [6.45, 7) is 5.69. The molecule has 170 valence electrons. The van der Waals surface area contributed by atoms with Crippen LogP contribution in [0.5, 0.6) is 0 Å². The Morgan fingerprint density at radius 3 is 2.37 bits per heavy atom. The Hall–Kier alpha value is -1.72. The molecule has 1 atom stereocenters. The second-order valence-electron chi connectivity index (χ2n) is 8.20. The molecule has 0 saturated carbocycles. The molecule has 1 aliphatic heterocycles. The van der Waals surface area contributed by atoms with Crippen LogP contribution in [0.1, 0.15) is 25.8 Å². The number of aliphatic hydroxyl groups is 1. The van der Waals surface area contributed by atoms with Gasteiger partial charge in [0.15, 0.2) is 0 Å². The van der Waals surface area contributed by atoms with Gasteiger partial charge >= 0.3 is 6.09 Å². The molecule has 3 N–H and O–H groups in total. The molecule has 0 bridgehead atoms. The van der Waals surface area contributed by atoms with Gasteiger partial charge in [-0.2, -0.15) is 17.0 Å². The van der Waals surface area contributed by atoms with E-state index in [0.29, 0.717) is 26.2 Å². The Kier molecular flexibility index (Phi) is 8.62. The number of primary amides is 1. The van der Waals surface area contributed by atoms with Crippen LogP contribution in [0.3, 0.4) is 0 Å². The normalized spacial score (nSPS) is 18.5. The van der Waals surface area contributed by atoms with Crippen molar-refractivity contribution in [1.82, 2.24) is 13.5 Å². The second-order valence-corrected chi connectivity index (χ2v) is 10.1. The lowest BCUT2D eigenvalue weighted by atomic mass is 9.99. The maximum Gasteiger partial charge on any atom is 0.404 e. The van der Waals surface area contributed by atoms with E-state index in [1.165, 1.54) is 8.61 Å². The van der Waals surface area contributed by atoms with Gasteiger partial charge in [-0.25, -0.2) is 4.79 Å².